The number of hydrogen-bond acceptors (Lipinski definition) is 3. The number of hydrogen-bond donors (Lipinski definition) is 1. The lowest BCUT2D eigenvalue weighted by Crippen LogP contribution is -2.12. The summed E-state index contributed by atoms with van der Waals surface area (Å²) in [5, 5.41) is 2.95. The molecule has 0 spiro atoms. The van der Waals surface area contributed by atoms with E-state index in [1.807, 2.05) is 62.4 Å². The molecule has 0 heterocycles. The van der Waals surface area contributed by atoms with Gasteiger partial charge < -0.3 is 14.8 Å². The van der Waals surface area contributed by atoms with Crippen LogP contribution in [0.4, 0.5) is 5.69 Å². The molecule has 4 nitrogen and oxygen atoms in total. The van der Waals surface area contributed by atoms with E-state index in [4.69, 9.17) is 9.47 Å². The van der Waals surface area contributed by atoms with Crippen LogP contribution in [0.25, 0.3) is 0 Å². The van der Waals surface area contributed by atoms with Crippen LogP contribution in [-0.4, -0.2) is 13.0 Å². The predicted octanol–water partition coefficient (Wildman–Crippen LogP) is 5.14. The van der Waals surface area contributed by atoms with Gasteiger partial charge in [-0.3, -0.25) is 4.79 Å². The van der Waals surface area contributed by atoms with Crippen LogP contribution in [0.1, 0.15) is 27.0 Å². The Kier molecular flexibility index (Phi) is 5.77. The first-order chi connectivity index (χ1) is 13.0. The van der Waals surface area contributed by atoms with Crippen molar-refractivity contribution >= 4 is 11.6 Å². The van der Waals surface area contributed by atoms with Gasteiger partial charge in [-0.25, -0.2) is 0 Å². The summed E-state index contributed by atoms with van der Waals surface area (Å²) < 4.78 is 11.1. The van der Waals surface area contributed by atoms with Gasteiger partial charge in [-0.2, -0.15) is 0 Å². The molecule has 3 aromatic rings. The molecule has 3 aromatic carbocycles. The van der Waals surface area contributed by atoms with E-state index < -0.39 is 0 Å². The second kappa shape index (κ2) is 8.41. The molecule has 0 aliphatic heterocycles. The summed E-state index contributed by atoms with van der Waals surface area (Å²) in [5.41, 5.74) is 4.63. The number of para-hydroxylation sites is 2. The molecule has 0 unspecified atom stereocenters. The molecule has 0 saturated heterocycles. The summed E-state index contributed by atoms with van der Waals surface area (Å²) in [6, 6.07) is 20.9. The fourth-order valence-corrected chi connectivity index (χ4v) is 2.90. The second-order valence-corrected chi connectivity index (χ2v) is 6.47. The summed E-state index contributed by atoms with van der Waals surface area (Å²) >= 11 is 0. The van der Waals surface area contributed by atoms with Gasteiger partial charge in [-0.15, -0.1) is 0 Å². The van der Waals surface area contributed by atoms with Crippen molar-refractivity contribution in [1.82, 2.24) is 0 Å². The number of carbonyl (C=O) groups is 1. The molecule has 0 aliphatic carbocycles. The van der Waals surface area contributed by atoms with E-state index in [1.165, 1.54) is 0 Å². The van der Waals surface area contributed by atoms with Crippen LogP contribution >= 0.6 is 0 Å². The highest BCUT2D eigenvalue weighted by Crippen LogP contribution is 2.26. The molecule has 0 fully saturated rings. The van der Waals surface area contributed by atoms with Gasteiger partial charge in [0.05, 0.1) is 7.11 Å². The smallest absolute Gasteiger partial charge is 0.255 e. The zero-order valence-corrected chi connectivity index (χ0v) is 15.8. The summed E-state index contributed by atoms with van der Waals surface area (Å²) in [6.07, 6.45) is 0. The van der Waals surface area contributed by atoms with E-state index in [0.29, 0.717) is 23.7 Å². The first-order valence-corrected chi connectivity index (χ1v) is 8.79. The maximum absolute atomic E-state index is 12.5. The van der Waals surface area contributed by atoms with E-state index in [1.54, 1.807) is 19.2 Å². The summed E-state index contributed by atoms with van der Waals surface area (Å²) in [7, 11) is 1.62. The lowest BCUT2D eigenvalue weighted by Gasteiger charge is -2.11. The number of ether oxygens (including phenoxy) is 2. The van der Waals surface area contributed by atoms with Gasteiger partial charge in [-0.05, 0) is 66.9 Å². The predicted molar refractivity (Wildman–Crippen MR) is 108 cm³/mol. The van der Waals surface area contributed by atoms with E-state index in [2.05, 4.69) is 11.4 Å². The largest absolute Gasteiger partial charge is 0.493 e. The highest BCUT2D eigenvalue weighted by molar-refractivity contribution is 6.04. The SMILES string of the molecule is COc1ccccc1OCc1ccc(C(=O)Nc2cc(C)cc(C)c2)cc1. The third-order valence-corrected chi connectivity index (χ3v) is 4.16. The first kappa shape index (κ1) is 18.5. The van der Waals surface area contributed by atoms with Crippen LogP contribution in [0, 0.1) is 13.8 Å². The Bertz CT molecular complexity index is 912. The van der Waals surface area contributed by atoms with Crippen molar-refractivity contribution in [1.29, 1.82) is 0 Å². The third kappa shape index (κ3) is 4.88. The Morgan fingerprint density at radius 2 is 1.52 bits per heavy atom. The molecule has 0 saturated carbocycles. The van der Waals surface area contributed by atoms with Crippen molar-refractivity contribution in [2.45, 2.75) is 20.5 Å². The Labute approximate surface area is 159 Å². The van der Waals surface area contributed by atoms with Crippen molar-refractivity contribution in [3.8, 4) is 11.5 Å². The average molecular weight is 361 g/mol. The molecule has 3 rings (SSSR count). The van der Waals surface area contributed by atoms with Crippen LogP contribution in [0.5, 0.6) is 11.5 Å². The number of methoxy groups -OCH3 is 1. The molecule has 0 aliphatic rings. The Balaban J connectivity index is 1.63. The molecule has 0 radical (unpaired) electrons. The van der Waals surface area contributed by atoms with E-state index in [0.717, 1.165) is 22.4 Å². The van der Waals surface area contributed by atoms with Crippen LogP contribution < -0.4 is 14.8 Å². The number of aryl methyl sites for hydroxylation is 2. The van der Waals surface area contributed by atoms with E-state index >= 15 is 0 Å². The van der Waals surface area contributed by atoms with Gasteiger partial charge in [0.1, 0.15) is 6.61 Å². The molecule has 138 valence electrons. The lowest BCUT2D eigenvalue weighted by atomic mass is 10.1. The minimum absolute atomic E-state index is 0.128. The monoisotopic (exact) mass is 361 g/mol. The van der Waals surface area contributed by atoms with Crippen LogP contribution in [0.15, 0.2) is 66.7 Å². The molecule has 27 heavy (non-hydrogen) atoms. The number of benzene rings is 3. The standard InChI is InChI=1S/C23H23NO3/c1-16-12-17(2)14-20(13-16)24-23(25)19-10-8-18(9-11-19)15-27-22-7-5-4-6-21(22)26-3/h4-14H,15H2,1-3H3,(H,24,25). The zero-order valence-electron chi connectivity index (χ0n) is 15.8. The number of carbonyl (C=O) groups excluding carboxylic acids is 1. The van der Waals surface area contributed by atoms with Crippen LogP contribution in [0.2, 0.25) is 0 Å². The highest BCUT2D eigenvalue weighted by Gasteiger charge is 2.08. The van der Waals surface area contributed by atoms with Gasteiger partial charge in [0.15, 0.2) is 11.5 Å². The van der Waals surface area contributed by atoms with Crippen molar-refractivity contribution in [2.24, 2.45) is 0 Å². The van der Waals surface area contributed by atoms with Gasteiger partial charge in [-0.1, -0.05) is 30.3 Å². The maximum atomic E-state index is 12.5. The number of nitrogens with one attached hydrogen (secondary N) is 1. The second-order valence-electron chi connectivity index (χ2n) is 6.47. The summed E-state index contributed by atoms with van der Waals surface area (Å²) in [5.74, 6) is 1.26. The number of rotatable bonds is 6. The lowest BCUT2D eigenvalue weighted by molar-refractivity contribution is 0.102. The van der Waals surface area contributed by atoms with Gasteiger partial charge in [0.2, 0.25) is 0 Å². The summed E-state index contributed by atoms with van der Waals surface area (Å²) in [6.45, 7) is 4.43. The van der Waals surface area contributed by atoms with Crippen molar-refractivity contribution in [3.05, 3.63) is 89.0 Å². The maximum Gasteiger partial charge on any atom is 0.255 e. The highest BCUT2D eigenvalue weighted by atomic mass is 16.5. The Morgan fingerprint density at radius 1 is 0.889 bits per heavy atom. The molecular weight excluding hydrogens is 338 g/mol. The molecule has 0 aromatic heterocycles. The molecular formula is C23H23NO3. The van der Waals surface area contributed by atoms with Crippen LogP contribution in [-0.2, 0) is 6.61 Å². The van der Waals surface area contributed by atoms with Gasteiger partial charge in [0.25, 0.3) is 5.91 Å². The fourth-order valence-electron chi connectivity index (χ4n) is 2.90. The molecule has 0 bridgehead atoms. The van der Waals surface area contributed by atoms with Crippen LogP contribution in [0.3, 0.4) is 0 Å². The summed E-state index contributed by atoms with van der Waals surface area (Å²) in [4.78, 5) is 12.5. The Hall–Kier alpha value is -3.27. The van der Waals surface area contributed by atoms with Gasteiger partial charge >= 0.3 is 0 Å². The topological polar surface area (TPSA) is 47.6 Å². The molecule has 1 N–H and O–H groups in total. The van der Waals surface area contributed by atoms with E-state index in [-0.39, 0.29) is 5.91 Å². The molecule has 1 amide bonds. The number of amides is 1. The minimum Gasteiger partial charge on any atom is -0.493 e. The first-order valence-electron chi connectivity index (χ1n) is 8.79. The molecule has 4 heteroatoms. The van der Waals surface area contributed by atoms with Crippen molar-refractivity contribution in [3.63, 3.8) is 0 Å². The molecule has 0 atom stereocenters. The van der Waals surface area contributed by atoms with Gasteiger partial charge in [0, 0.05) is 11.3 Å². The quantitative estimate of drug-likeness (QED) is 0.661. The fraction of sp³-hybridized carbons (Fsp3) is 0.174. The normalized spacial score (nSPS) is 10.3. The number of anilines is 1. The third-order valence-electron chi connectivity index (χ3n) is 4.16. The average Bonchev–Trinajstić information content (AvgIpc) is 2.66. The Morgan fingerprint density at radius 3 is 2.15 bits per heavy atom. The van der Waals surface area contributed by atoms with E-state index in [9.17, 15) is 4.79 Å². The van der Waals surface area contributed by atoms with Crippen molar-refractivity contribution < 1.29 is 14.3 Å². The minimum atomic E-state index is -0.128. The zero-order chi connectivity index (χ0) is 19.2. The van der Waals surface area contributed by atoms with Crippen molar-refractivity contribution in [2.75, 3.05) is 12.4 Å².